The van der Waals surface area contributed by atoms with E-state index in [9.17, 15) is 0 Å². The van der Waals surface area contributed by atoms with Crippen molar-refractivity contribution in [3.63, 3.8) is 0 Å². The molecule has 0 fully saturated rings. The third-order valence-corrected chi connectivity index (χ3v) is 5.52. The number of aryl methyl sites for hydroxylation is 1. The SMILES string of the molecule is Cn1c2ccccc2c2cc3c(cc21)[nH]c1ccc2ccccc2c13. The summed E-state index contributed by atoms with van der Waals surface area (Å²) in [5.74, 6) is 0. The maximum absolute atomic E-state index is 3.62. The zero-order chi connectivity index (χ0) is 16.5. The summed E-state index contributed by atoms with van der Waals surface area (Å²) in [4.78, 5) is 3.62. The highest BCUT2D eigenvalue weighted by atomic mass is 14.9. The Morgan fingerprint density at radius 1 is 0.640 bits per heavy atom. The standard InChI is InChI=1S/C23H16N2/c1-25-21-9-5-4-8-16(21)17-12-18-20(13-22(17)25)24-19-11-10-14-6-2-3-7-15(14)23(18)19/h2-13,24H,1H3. The van der Waals surface area contributed by atoms with Crippen LogP contribution in [-0.4, -0.2) is 9.55 Å². The number of para-hydroxylation sites is 1. The van der Waals surface area contributed by atoms with Crippen LogP contribution < -0.4 is 0 Å². The Morgan fingerprint density at radius 3 is 2.36 bits per heavy atom. The van der Waals surface area contributed by atoms with Crippen LogP contribution >= 0.6 is 0 Å². The fourth-order valence-electron chi connectivity index (χ4n) is 4.33. The maximum Gasteiger partial charge on any atom is 0.0510 e. The molecule has 6 rings (SSSR count). The Hall–Kier alpha value is -3.26. The van der Waals surface area contributed by atoms with Crippen molar-refractivity contribution in [1.82, 2.24) is 9.55 Å². The molecule has 6 aromatic rings. The minimum atomic E-state index is 1.20. The molecule has 0 saturated carbocycles. The smallest absolute Gasteiger partial charge is 0.0510 e. The summed E-state index contributed by atoms with van der Waals surface area (Å²) in [6, 6.07) is 26.3. The van der Waals surface area contributed by atoms with Gasteiger partial charge >= 0.3 is 0 Å². The molecule has 2 heterocycles. The van der Waals surface area contributed by atoms with Gasteiger partial charge in [-0.15, -0.1) is 0 Å². The zero-order valence-electron chi connectivity index (χ0n) is 13.9. The molecule has 118 valence electrons. The molecule has 2 aromatic heterocycles. The molecule has 0 atom stereocenters. The number of nitrogens with zero attached hydrogens (tertiary/aromatic N) is 1. The van der Waals surface area contributed by atoms with Crippen LogP contribution in [0.2, 0.25) is 0 Å². The van der Waals surface area contributed by atoms with Crippen molar-refractivity contribution < 1.29 is 0 Å². The van der Waals surface area contributed by atoms with E-state index in [-0.39, 0.29) is 0 Å². The summed E-state index contributed by atoms with van der Waals surface area (Å²) in [5.41, 5.74) is 4.95. The monoisotopic (exact) mass is 320 g/mol. The molecule has 1 N–H and O–H groups in total. The van der Waals surface area contributed by atoms with Gasteiger partial charge in [0.1, 0.15) is 0 Å². The number of rotatable bonds is 0. The summed E-state index contributed by atoms with van der Waals surface area (Å²) in [6.07, 6.45) is 0. The first-order valence-electron chi connectivity index (χ1n) is 8.61. The van der Waals surface area contributed by atoms with Crippen molar-refractivity contribution in [1.29, 1.82) is 0 Å². The van der Waals surface area contributed by atoms with E-state index in [1.54, 1.807) is 0 Å². The van der Waals surface area contributed by atoms with E-state index >= 15 is 0 Å². The summed E-state index contributed by atoms with van der Waals surface area (Å²) in [6.45, 7) is 0. The second-order valence-electron chi connectivity index (χ2n) is 6.83. The summed E-state index contributed by atoms with van der Waals surface area (Å²) in [7, 11) is 2.15. The number of nitrogens with one attached hydrogen (secondary N) is 1. The van der Waals surface area contributed by atoms with Gasteiger partial charge in [0.25, 0.3) is 0 Å². The lowest BCUT2D eigenvalue weighted by Crippen LogP contribution is -1.85. The fraction of sp³-hybridized carbons (Fsp3) is 0.0435. The zero-order valence-corrected chi connectivity index (χ0v) is 13.9. The quantitative estimate of drug-likeness (QED) is 0.348. The van der Waals surface area contributed by atoms with Gasteiger partial charge in [-0.2, -0.15) is 0 Å². The van der Waals surface area contributed by atoms with Gasteiger partial charge in [0.2, 0.25) is 0 Å². The highest BCUT2D eigenvalue weighted by Crippen LogP contribution is 2.37. The van der Waals surface area contributed by atoms with E-state index in [2.05, 4.69) is 89.4 Å². The molecule has 0 amide bonds. The molecule has 0 unspecified atom stereocenters. The van der Waals surface area contributed by atoms with Crippen molar-refractivity contribution in [2.75, 3.05) is 0 Å². The molecule has 4 aromatic carbocycles. The molecular formula is C23H16N2. The predicted molar refractivity (Wildman–Crippen MR) is 107 cm³/mol. The van der Waals surface area contributed by atoms with Crippen molar-refractivity contribution in [2.24, 2.45) is 7.05 Å². The minimum Gasteiger partial charge on any atom is -0.354 e. The average Bonchev–Trinajstić information content (AvgIpc) is 3.16. The Labute approximate surface area is 144 Å². The van der Waals surface area contributed by atoms with Gasteiger partial charge in [0.05, 0.1) is 5.52 Å². The predicted octanol–water partition coefficient (Wildman–Crippen LogP) is 6.12. The lowest BCUT2D eigenvalue weighted by atomic mass is 10.0. The normalized spacial score (nSPS) is 12.2. The van der Waals surface area contributed by atoms with Gasteiger partial charge in [-0.25, -0.2) is 0 Å². The summed E-state index contributed by atoms with van der Waals surface area (Å²) < 4.78 is 2.29. The van der Waals surface area contributed by atoms with Gasteiger partial charge in [0, 0.05) is 45.1 Å². The first-order chi connectivity index (χ1) is 12.3. The van der Waals surface area contributed by atoms with Crippen LogP contribution in [0, 0.1) is 0 Å². The van der Waals surface area contributed by atoms with E-state index in [1.807, 2.05) is 0 Å². The third-order valence-electron chi connectivity index (χ3n) is 5.52. The molecule has 2 heteroatoms. The summed E-state index contributed by atoms with van der Waals surface area (Å²) in [5, 5.41) is 7.86. The Bertz CT molecular complexity index is 1450. The van der Waals surface area contributed by atoms with Crippen LogP contribution in [0.5, 0.6) is 0 Å². The van der Waals surface area contributed by atoms with Crippen LogP contribution in [0.3, 0.4) is 0 Å². The van der Waals surface area contributed by atoms with E-state index in [4.69, 9.17) is 0 Å². The Morgan fingerprint density at radius 2 is 1.44 bits per heavy atom. The molecule has 0 aliphatic carbocycles. The van der Waals surface area contributed by atoms with E-state index in [1.165, 1.54) is 54.4 Å². The molecule has 0 aliphatic heterocycles. The number of hydrogen-bond donors (Lipinski definition) is 1. The van der Waals surface area contributed by atoms with Gasteiger partial charge in [0.15, 0.2) is 0 Å². The summed E-state index contributed by atoms with van der Waals surface area (Å²) >= 11 is 0. The fourth-order valence-corrected chi connectivity index (χ4v) is 4.33. The van der Waals surface area contributed by atoms with Crippen molar-refractivity contribution in [2.45, 2.75) is 0 Å². The molecular weight excluding hydrogens is 304 g/mol. The van der Waals surface area contributed by atoms with Gasteiger partial charge < -0.3 is 9.55 Å². The van der Waals surface area contributed by atoms with Crippen molar-refractivity contribution in [3.8, 4) is 0 Å². The first-order valence-corrected chi connectivity index (χ1v) is 8.61. The number of aromatic nitrogens is 2. The molecule has 2 nitrogen and oxygen atoms in total. The van der Waals surface area contributed by atoms with Crippen LogP contribution in [0.15, 0.2) is 72.8 Å². The molecule has 0 radical (unpaired) electrons. The van der Waals surface area contributed by atoms with Crippen LogP contribution in [0.25, 0.3) is 54.4 Å². The molecule has 0 aliphatic rings. The second kappa shape index (κ2) is 4.42. The Balaban J connectivity index is 1.90. The van der Waals surface area contributed by atoms with E-state index < -0.39 is 0 Å². The maximum atomic E-state index is 3.62. The number of aromatic amines is 1. The van der Waals surface area contributed by atoms with Gasteiger partial charge in [-0.05, 0) is 35.0 Å². The molecule has 0 bridgehead atoms. The number of benzene rings is 4. The van der Waals surface area contributed by atoms with Crippen LogP contribution in [-0.2, 0) is 7.05 Å². The van der Waals surface area contributed by atoms with Gasteiger partial charge in [-0.3, -0.25) is 0 Å². The number of H-pyrrole nitrogens is 1. The average molecular weight is 320 g/mol. The van der Waals surface area contributed by atoms with E-state index in [0.29, 0.717) is 0 Å². The molecule has 0 spiro atoms. The van der Waals surface area contributed by atoms with Crippen molar-refractivity contribution in [3.05, 3.63) is 72.8 Å². The van der Waals surface area contributed by atoms with Crippen LogP contribution in [0.4, 0.5) is 0 Å². The lowest BCUT2D eigenvalue weighted by molar-refractivity contribution is 1.01. The van der Waals surface area contributed by atoms with Crippen molar-refractivity contribution >= 4 is 54.4 Å². The van der Waals surface area contributed by atoms with Crippen LogP contribution in [0.1, 0.15) is 0 Å². The van der Waals surface area contributed by atoms with Gasteiger partial charge in [-0.1, -0.05) is 48.5 Å². The largest absolute Gasteiger partial charge is 0.354 e. The number of fused-ring (bicyclic) bond motifs is 8. The van der Waals surface area contributed by atoms with E-state index in [0.717, 1.165) is 0 Å². The molecule has 25 heavy (non-hydrogen) atoms. The Kier molecular flexibility index (Phi) is 2.31. The third kappa shape index (κ3) is 1.59. The second-order valence-corrected chi connectivity index (χ2v) is 6.83. The highest BCUT2D eigenvalue weighted by molar-refractivity contribution is 6.24. The topological polar surface area (TPSA) is 20.7 Å². The minimum absolute atomic E-state index is 1.20. The highest BCUT2D eigenvalue weighted by Gasteiger charge is 2.13. The lowest BCUT2D eigenvalue weighted by Gasteiger charge is -2.00. The molecule has 0 saturated heterocycles. The number of hydrogen-bond acceptors (Lipinski definition) is 0. The first kappa shape index (κ1) is 13.1.